The van der Waals surface area contributed by atoms with Crippen molar-refractivity contribution in [3.8, 4) is 0 Å². The highest BCUT2D eigenvalue weighted by atomic mass is 31.2. The fraction of sp³-hybridized carbons (Fsp3) is 0.947. The van der Waals surface area contributed by atoms with E-state index in [1.807, 2.05) is 0 Å². The quantitative estimate of drug-likeness (QED) is 0.0222. The van der Waals surface area contributed by atoms with Gasteiger partial charge < -0.3 is 33.8 Å². The van der Waals surface area contributed by atoms with Crippen LogP contribution in [0.2, 0.25) is 0 Å². The van der Waals surface area contributed by atoms with Gasteiger partial charge in [0.1, 0.15) is 19.3 Å². The lowest BCUT2D eigenvalue weighted by molar-refractivity contribution is -0.161. The number of hydrogen-bond donors (Lipinski definition) is 3. The van der Waals surface area contributed by atoms with Crippen LogP contribution >= 0.6 is 15.6 Å². The summed E-state index contributed by atoms with van der Waals surface area (Å²) in [4.78, 5) is 72.7. The third-order valence-corrected chi connectivity index (χ3v) is 19.8. The van der Waals surface area contributed by atoms with E-state index < -0.39 is 97.5 Å². The van der Waals surface area contributed by atoms with E-state index in [0.29, 0.717) is 25.7 Å². The van der Waals surface area contributed by atoms with Gasteiger partial charge in [0.15, 0.2) is 12.2 Å². The van der Waals surface area contributed by atoms with E-state index in [1.54, 1.807) is 0 Å². The van der Waals surface area contributed by atoms with Crippen molar-refractivity contribution in [1.29, 1.82) is 0 Å². The summed E-state index contributed by atoms with van der Waals surface area (Å²) in [6.45, 7) is 4.96. The lowest BCUT2D eigenvalue weighted by atomic mass is 10.0. The maximum absolute atomic E-state index is 13.1. The molecule has 3 N–H and O–H groups in total. The largest absolute Gasteiger partial charge is 0.472 e. The molecule has 95 heavy (non-hydrogen) atoms. The summed E-state index contributed by atoms with van der Waals surface area (Å²) in [5.74, 6) is -2.11. The van der Waals surface area contributed by atoms with Gasteiger partial charge in [0.2, 0.25) is 0 Å². The molecule has 0 spiro atoms. The molecule has 0 heterocycles. The van der Waals surface area contributed by atoms with Gasteiger partial charge in [-0.1, -0.05) is 355 Å². The van der Waals surface area contributed by atoms with Gasteiger partial charge in [-0.2, -0.15) is 0 Å². The molecule has 17 nitrogen and oxygen atoms in total. The molecule has 564 valence electrons. The SMILES string of the molecule is CCCCCCCCCCCCCCCCCCCC(=O)O[C@H](COC(=O)CCCCCCCCCCCCCCCCCC)COP(=O)(O)OC[C@@H](O)COP(=O)(O)OC[C@@H](COC(=O)CCCCCCCCC)OC(=O)CCCCCCCCCCCCCCCCC. The molecule has 0 aliphatic carbocycles. The zero-order valence-corrected chi connectivity index (χ0v) is 63.4. The molecule has 0 bridgehead atoms. The highest BCUT2D eigenvalue weighted by molar-refractivity contribution is 7.47. The van der Waals surface area contributed by atoms with Gasteiger partial charge in [-0.05, 0) is 25.7 Å². The molecule has 0 saturated carbocycles. The van der Waals surface area contributed by atoms with Crippen molar-refractivity contribution in [3.05, 3.63) is 0 Å². The fourth-order valence-corrected chi connectivity index (χ4v) is 13.3. The van der Waals surface area contributed by atoms with Gasteiger partial charge >= 0.3 is 39.5 Å². The van der Waals surface area contributed by atoms with E-state index in [9.17, 15) is 43.2 Å². The second-order valence-electron chi connectivity index (χ2n) is 27.4. The molecule has 0 saturated heterocycles. The highest BCUT2D eigenvalue weighted by Gasteiger charge is 2.30. The Morgan fingerprint density at radius 1 is 0.253 bits per heavy atom. The van der Waals surface area contributed by atoms with E-state index in [0.717, 1.165) is 103 Å². The first-order valence-corrected chi connectivity index (χ1v) is 42.8. The molecule has 0 rings (SSSR count). The summed E-state index contributed by atoms with van der Waals surface area (Å²) in [6.07, 6.45) is 61.1. The summed E-state index contributed by atoms with van der Waals surface area (Å²) in [7, 11) is -9.90. The molecule has 0 amide bonds. The van der Waals surface area contributed by atoms with Crippen molar-refractivity contribution in [1.82, 2.24) is 0 Å². The van der Waals surface area contributed by atoms with Crippen LogP contribution in [0.15, 0.2) is 0 Å². The fourth-order valence-electron chi connectivity index (χ4n) is 11.8. The molecule has 0 aromatic carbocycles. The second kappa shape index (κ2) is 70.5. The zero-order valence-electron chi connectivity index (χ0n) is 61.6. The Morgan fingerprint density at radius 3 is 0.621 bits per heavy atom. The van der Waals surface area contributed by atoms with Crippen molar-refractivity contribution < 1.29 is 80.2 Å². The van der Waals surface area contributed by atoms with Crippen LogP contribution in [0.3, 0.4) is 0 Å². The smallest absolute Gasteiger partial charge is 0.462 e. The van der Waals surface area contributed by atoms with E-state index in [-0.39, 0.29) is 25.7 Å². The summed E-state index contributed by atoms with van der Waals surface area (Å²) in [5, 5.41) is 10.6. The molecule has 0 aliphatic heterocycles. The first-order valence-electron chi connectivity index (χ1n) is 39.8. The van der Waals surface area contributed by atoms with Crippen LogP contribution in [0.25, 0.3) is 0 Å². The molecule has 2 unspecified atom stereocenters. The first-order chi connectivity index (χ1) is 46.2. The van der Waals surface area contributed by atoms with Crippen molar-refractivity contribution in [2.24, 2.45) is 0 Å². The number of hydrogen-bond acceptors (Lipinski definition) is 15. The highest BCUT2D eigenvalue weighted by Crippen LogP contribution is 2.45. The summed E-state index contributed by atoms with van der Waals surface area (Å²) in [5.41, 5.74) is 0. The van der Waals surface area contributed by atoms with Crippen LogP contribution in [0.1, 0.15) is 407 Å². The number of rotatable bonds is 77. The third kappa shape index (κ3) is 70.3. The first kappa shape index (κ1) is 93.1. The van der Waals surface area contributed by atoms with Crippen molar-refractivity contribution in [2.45, 2.75) is 425 Å². The second-order valence-corrected chi connectivity index (χ2v) is 30.3. The number of ether oxygens (including phenoxy) is 4. The van der Waals surface area contributed by atoms with E-state index in [2.05, 4.69) is 27.7 Å². The Balaban J connectivity index is 5.19. The number of phosphoric acid groups is 2. The van der Waals surface area contributed by atoms with E-state index in [4.69, 9.17) is 37.0 Å². The van der Waals surface area contributed by atoms with Gasteiger partial charge in [0.25, 0.3) is 0 Å². The standard InChI is InChI=1S/C76H148O17P2/c1-5-9-13-17-21-24-27-30-33-35-38-41-44-47-51-55-59-63-76(81)93-72(67-87-74(79)61-57-53-49-45-42-39-37-34-31-28-25-22-18-14-10-6-2)69-91-95(84,85)89-65-70(77)64-88-94(82,83)90-68-71(66-86-73(78)60-56-52-48-20-16-12-8-4)92-75(80)62-58-54-50-46-43-40-36-32-29-26-23-19-15-11-7-3/h70-72,77H,5-69H2,1-4H3,(H,82,83)(H,84,85)/t70-,71+,72+/m0/s1. The van der Waals surface area contributed by atoms with Crippen molar-refractivity contribution in [3.63, 3.8) is 0 Å². The Hall–Kier alpha value is -1.94. The van der Waals surface area contributed by atoms with Crippen molar-refractivity contribution >= 4 is 39.5 Å². The topological polar surface area (TPSA) is 237 Å². The van der Waals surface area contributed by atoms with Gasteiger partial charge in [-0.25, -0.2) is 9.13 Å². The van der Waals surface area contributed by atoms with Crippen LogP contribution in [0.5, 0.6) is 0 Å². The van der Waals surface area contributed by atoms with Crippen LogP contribution < -0.4 is 0 Å². The molecular formula is C76H148O17P2. The number of carbonyl (C=O) groups is 4. The number of phosphoric ester groups is 2. The van der Waals surface area contributed by atoms with Gasteiger partial charge in [-0.15, -0.1) is 0 Å². The number of unbranched alkanes of at least 4 members (excludes halogenated alkanes) is 51. The van der Waals surface area contributed by atoms with Crippen LogP contribution in [0.4, 0.5) is 0 Å². The number of aliphatic hydroxyl groups is 1. The summed E-state index contributed by atoms with van der Waals surface area (Å²) >= 11 is 0. The van der Waals surface area contributed by atoms with Crippen LogP contribution in [-0.4, -0.2) is 96.7 Å². The van der Waals surface area contributed by atoms with Gasteiger partial charge in [0.05, 0.1) is 26.4 Å². The molecule has 0 radical (unpaired) electrons. The van der Waals surface area contributed by atoms with Gasteiger partial charge in [-0.3, -0.25) is 37.3 Å². The van der Waals surface area contributed by atoms with Crippen LogP contribution in [0, 0.1) is 0 Å². The molecule has 5 atom stereocenters. The lowest BCUT2D eigenvalue weighted by Gasteiger charge is -2.21. The molecule has 0 aromatic heterocycles. The molecular weight excluding hydrogens is 1250 g/mol. The van der Waals surface area contributed by atoms with Gasteiger partial charge in [0, 0.05) is 25.7 Å². The number of carbonyl (C=O) groups excluding carboxylic acids is 4. The number of aliphatic hydroxyl groups excluding tert-OH is 1. The average Bonchev–Trinajstić information content (AvgIpc) is 1.71. The van der Waals surface area contributed by atoms with Crippen LogP contribution in [-0.2, 0) is 65.4 Å². The Bertz CT molecular complexity index is 1810. The number of esters is 4. The Morgan fingerprint density at radius 2 is 0.421 bits per heavy atom. The normalized spacial score (nSPS) is 13.9. The molecule has 0 aromatic rings. The monoisotopic (exact) mass is 1400 g/mol. The Labute approximate surface area is 581 Å². The summed E-state index contributed by atoms with van der Waals surface area (Å²) < 4.78 is 68.5. The minimum Gasteiger partial charge on any atom is -0.462 e. The molecule has 0 aliphatic rings. The predicted molar refractivity (Wildman–Crippen MR) is 386 cm³/mol. The van der Waals surface area contributed by atoms with Crippen molar-refractivity contribution in [2.75, 3.05) is 39.6 Å². The third-order valence-electron chi connectivity index (χ3n) is 17.9. The minimum absolute atomic E-state index is 0.108. The predicted octanol–water partition coefficient (Wildman–Crippen LogP) is 22.6. The molecule has 0 fully saturated rings. The molecule has 19 heteroatoms. The average molecular weight is 1400 g/mol. The maximum Gasteiger partial charge on any atom is 0.472 e. The Kier molecular flexibility index (Phi) is 69.1. The maximum atomic E-state index is 13.1. The minimum atomic E-state index is -4.96. The lowest BCUT2D eigenvalue weighted by Crippen LogP contribution is -2.30. The van der Waals surface area contributed by atoms with E-state index >= 15 is 0 Å². The summed E-state index contributed by atoms with van der Waals surface area (Å²) in [6, 6.07) is 0. The van der Waals surface area contributed by atoms with E-state index in [1.165, 1.54) is 225 Å². The zero-order chi connectivity index (χ0) is 69.7.